The lowest BCUT2D eigenvalue weighted by Crippen LogP contribution is -2.63. The molecule has 0 aromatic carbocycles. The van der Waals surface area contributed by atoms with Crippen LogP contribution in [0.15, 0.2) is 24.5 Å². The summed E-state index contributed by atoms with van der Waals surface area (Å²) in [7, 11) is 0. The van der Waals surface area contributed by atoms with Gasteiger partial charge in [-0.15, -0.1) is 6.42 Å². The number of aliphatic hydroxyl groups is 2. The van der Waals surface area contributed by atoms with Crippen LogP contribution in [0.1, 0.15) is 103 Å². The molecule has 262 valence electrons. The number of aromatic nitrogens is 1. The number of nitrogens with zero attached hydrogens (tertiary/aromatic N) is 3. The van der Waals surface area contributed by atoms with Crippen molar-refractivity contribution in [2.75, 3.05) is 26.2 Å². The highest BCUT2D eigenvalue weighted by Gasteiger charge is 2.65. The zero-order valence-electron chi connectivity index (χ0n) is 29.3. The van der Waals surface area contributed by atoms with Crippen molar-refractivity contribution in [1.82, 2.24) is 20.1 Å². The molecule has 0 radical (unpaired) electrons. The summed E-state index contributed by atoms with van der Waals surface area (Å²) < 4.78 is 0. The van der Waals surface area contributed by atoms with Gasteiger partial charge in [-0.1, -0.05) is 39.0 Å². The van der Waals surface area contributed by atoms with Crippen LogP contribution in [0.25, 0.3) is 0 Å². The third-order valence-electron chi connectivity index (χ3n) is 14.9. The molecule has 7 rings (SSSR count). The van der Waals surface area contributed by atoms with Crippen molar-refractivity contribution < 1.29 is 19.8 Å². The Morgan fingerprint density at radius 3 is 2.42 bits per heavy atom. The van der Waals surface area contributed by atoms with Crippen LogP contribution >= 0.6 is 0 Å². The van der Waals surface area contributed by atoms with E-state index in [-0.39, 0.29) is 40.7 Å². The minimum atomic E-state index is -0.987. The molecule has 5 saturated carbocycles. The highest BCUT2D eigenvalue weighted by molar-refractivity contribution is 5.89. The van der Waals surface area contributed by atoms with Gasteiger partial charge in [-0.05, 0) is 111 Å². The smallest absolute Gasteiger partial charge is 0.245 e. The van der Waals surface area contributed by atoms with Gasteiger partial charge < -0.3 is 20.4 Å². The number of hydrogen-bond donors (Lipinski definition) is 3. The number of piperazine rings is 1. The Bertz CT molecular complexity index is 1370. The monoisotopic (exact) mass is 658 g/mol. The summed E-state index contributed by atoms with van der Waals surface area (Å²) in [6, 6.07) is 3.34. The number of fused-ring (bicyclic) bond motifs is 5. The Kier molecular flexibility index (Phi) is 9.45. The summed E-state index contributed by atoms with van der Waals surface area (Å²) in [6.07, 6.45) is 22.6. The van der Waals surface area contributed by atoms with Crippen LogP contribution < -0.4 is 5.32 Å². The number of pyridine rings is 1. The predicted octanol–water partition coefficient (Wildman–Crippen LogP) is 4.58. The Hall–Kier alpha value is -2.47. The van der Waals surface area contributed by atoms with Crippen molar-refractivity contribution in [2.45, 2.75) is 128 Å². The number of terminal acetylenes is 1. The molecular weight excluding hydrogens is 600 g/mol. The first-order valence-electron chi connectivity index (χ1n) is 19.2. The third kappa shape index (κ3) is 5.90. The lowest BCUT2D eigenvalue weighted by Gasteiger charge is -2.63. The maximum Gasteiger partial charge on any atom is 0.245 e. The minimum Gasteiger partial charge on any atom is -0.391 e. The molecule has 10 atom stereocenters. The summed E-state index contributed by atoms with van der Waals surface area (Å²) in [5.41, 5.74) is -0.0434. The molecular formula is C40H58N4O4. The van der Waals surface area contributed by atoms with Gasteiger partial charge in [-0.2, -0.15) is 0 Å². The average Bonchev–Trinajstić information content (AvgIpc) is 3.39. The molecule has 2 heterocycles. The molecule has 0 spiro atoms. The fourth-order valence-electron chi connectivity index (χ4n) is 12.0. The molecule has 1 aromatic rings. The maximum absolute atomic E-state index is 14.0. The zero-order valence-corrected chi connectivity index (χ0v) is 29.3. The Morgan fingerprint density at radius 1 is 1.00 bits per heavy atom. The van der Waals surface area contributed by atoms with Crippen LogP contribution in [-0.2, 0) is 16.0 Å². The Morgan fingerprint density at radius 2 is 1.71 bits per heavy atom. The van der Waals surface area contributed by atoms with E-state index < -0.39 is 11.6 Å². The van der Waals surface area contributed by atoms with Crippen molar-refractivity contribution >= 4 is 11.8 Å². The molecule has 0 bridgehead atoms. The van der Waals surface area contributed by atoms with Gasteiger partial charge in [0.1, 0.15) is 11.6 Å². The van der Waals surface area contributed by atoms with Crippen LogP contribution in [0.5, 0.6) is 0 Å². The van der Waals surface area contributed by atoms with E-state index in [1.54, 1.807) is 12.4 Å². The van der Waals surface area contributed by atoms with Gasteiger partial charge in [0.2, 0.25) is 11.8 Å². The molecule has 48 heavy (non-hydrogen) atoms. The molecule has 1 unspecified atom stereocenters. The van der Waals surface area contributed by atoms with Crippen LogP contribution in [0.3, 0.4) is 0 Å². The first-order chi connectivity index (χ1) is 23.1. The van der Waals surface area contributed by atoms with Gasteiger partial charge in [0, 0.05) is 62.4 Å². The van der Waals surface area contributed by atoms with E-state index in [1.165, 1.54) is 12.8 Å². The predicted molar refractivity (Wildman–Crippen MR) is 185 cm³/mol. The molecule has 1 saturated heterocycles. The van der Waals surface area contributed by atoms with Crippen LogP contribution in [0.4, 0.5) is 0 Å². The highest BCUT2D eigenvalue weighted by Crippen LogP contribution is 2.68. The molecule has 1 aromatic heterocycles. The summed E-state index contributed by atoms with van der Waals surface area (Å²) in [5.74, 6) is 4.99. The zero-order chi connectivity index (χ0) is 33.7. The fraction of sp³-hybridized carbons (Fsp3) is 0.775. The van der Waals surface area contributed by atoms with Gasteiger partial charge in [-0.3, -0.25) is 19.5 Å². The Balaban J connectivity index is 1.01. The van der Waals surface area contributed by atoms with Crippen molar-refractivity contribution in [1.29, 1.82) is 0 Å². The summed E-state index contributed by atoms with van der Waals surface area (Å²) in [4.78, 5) is 35.9. The number of hydrogen-bond acceptors (Lipinski definition) is 6. The van der Waals surface area contributed by atoms with Gasteiger partial charge in [0.05, 0.1) is 6.10 Å². The van der Waals surface area contributed by atoms with Crippen molar-refractivity contribution in [3.8, 4) is 12.3 Å². The number of carbonyl (C=O) groups is 2. The average molecular weight is 659 g/mol. The first-order valence-corrected chi connectivity index (χ1v) is 19.2. The Labute approximate surface area is 287 Å². The van der Waals surface area contributed by atoms with E-state index in [1.807, 2.05) is 17.0 Å². The molecule has 1 aliphatic heterocycles. The lowest BCUT2D eigenvalue weighted by atomic mass is 9.44. The van der Waals surface area contributed by atoms with Gasteiger partial charge >= 0.3 is 0 Å². The van der Waals surface area contributed by atoms with E-state index in [2.05, 4.69) is 35.0 Å². The molecule has 8 heteroatoms. The number of amides is 2. The highest BCUT2D eigenvalue weighted by atomic mass is 16.3. The number of carbonyl (C=O) groups excluding carboxylic acids is 2. The van der Waals surface area contributed by atoms with Crippen molar-refractivity contribution in [2.24, 2.45) is 40.4 Å². The molecule has 6 aliphatic rings. The second-order valence-electron chi connectivity index (χ2n) is 17.0. The van der Waals surface area contributed by atoms with E-state index in [4.69, 9.17) is 6.42 Å². The molecule has 6 fully saturated rings. The van der Waals surface area contributed by atoms with Gasteiger partial charge in [0.25, 0.3) is 0 Å². The van der Waals surface area contributed by atoms with Crippen LogP contribution in [0.2, 0.25) is 0 Å². The van der Waals surface area contributed by atoms with Crippen LogP contribution in [0, 0.1) is 52.8 Å². The molecule has 5 aliphatic carbocycles. The van der Waals surface area contributed by atoms with Crippen LogP contribution in [-0.4, -0.2) is 86.8 Å². The number of rotatable bonds is 6. The quantitative estimate of drug-likeness (QED) is 0.387. The second kappa shape index (κ2) is 13.3. The third-order valence-corrected chi connectivity index (χ3v) is 14.9. The lowest BCUT2D eigenvalue weighted by molar-refractivity contribution is -0.163. The maximum atomic E-state index is 14.0. The molecule has 2 amide bonds. The summed E-state index contributed by atoms with van der Waals surface area (Å²) >= 11 is 0. The number of nitrogens with one attached hydrogen (secondary N) is 1. The summed E-state index contributed by atoms with van der Waals surface area (Å²) in [6.45, 7) is 7.44. The number of aliphatic hydroxyl groups excluding tert-OH is 1. The van der Waals surface area contributed by atoms with Crippen molar-refractivity contribution in [3.63, 3.8) is 0 Å². The largest absolute Gasteiger partial charge is 0.391 e. The minimum absolute atomic E-state index is 0.00390. The van der Waals surface area contributed by atoms with Gasteiger partial charge in [0.15, 0.2) is 0 Å². The molecule has 3 N–H and O–H groups in total. The normalized spacial score (nSPS) is 40.9. The van der Waals surface area contributed by atoms with E-state index in [9.17, 15) is 19.8 Å². The van der Waals surface area contributed by atoms with E-state index >= 15 is 0 Å². The SMILES string of the molecule is C#C[C@]1(O)CC[C@H]2[C@@H]3CCC4C[C@H](O)[C@@H](N5CCN(C(=O)[C@H](Cc6ccncc6)NC(=O)C6CCCCC6)CC5)C[C@]4(C)[C@H]3CC[C@@]21C. The molecule has 8 nitrogen and oxygen atoms in total. The standard InChI is InChI=1S/C40H58N4O4/c1-4-40(48)17-13-32-30-11-10-29-25-35(45)34(26-38(29,2)31(30)12-16-39(32,40)3)43-20-22-44(23-21-43)37(47)33(24-27-14-18-41-19-15-27)42-36(46)28-8-6-5-7-9-28/h1,14-15,18-19,28-35,45,48H,5-13,16-17,20-26H2,2-3H3,(H,42,46)/t29?,30-,31+,32+,33+,34+,35+,38+,39+,40+/m1/s1. The topological polar surface area (TPSA) is 106 Å². The second-order valence-corrected chi connectivity index (χ2v) is 17.0. The van der Waals surface area contributed by atoms with Gasteiger partial charge in [-0.25, -0.2) is 0 Å². The van der Waals surface area contributed by atoms with Crippen molar-refractivity contribution in [3.05, 3.63) is 30.1 Å². The first kappa shape index (κ1) is 34.0. The summed E-state index contributed by atoms with van der Waals surface area (Å²) in [5, 5.41) is 26.2. The van der Waals surface area contributed by atoms with E-state index in [0.717, 1.165) is 82.9 Å². The fourth-order valence-corrected chi connectivity index (χ4v) is 12.0. The van der Waals surface area contributed by atoms with E-state index in [0.29, 0.717) is 49.6 Å².